The van der Waals surface area contributed by atoms with E-state index < -0.39 is 0 Å². The second-order valence-electron chi connectivity index (χ2n) is 3.02. The highest BCUT2D eigenvalue weighted by Gasteiger charge is 2.11. The predicted octanol–water partition coefficient (Wildman–Crippen LogP) is 1.48. The molecular weight excluding hydrogens is 214 g/mol. The van der Waals surface area contributed by atoms with Gasteiger partial charge < -0.3 is 11.1 Å². The van der Waals surface area contributed by atoms with E-state index in [0.717, 1.165) is 5.56 Å². The molecule has 0 fully saturated rings. The molecule has 1 aromatic carbocycles. The number of carbonyl (C=O) groups is 1. The highest BCUT2D eigenvalue weighted by molar-refractivity contribution is 6.31. The van der Waals surface area contributed by atoms with Gasteiger partial charge in [-0.25, -0.2) is 0 Å². The van der Waals surface area contributed by atoms with Crippen LogP contribution in [-0.2, 0) is 0 Å². The molecule has 1 amide bonds. The lowest BCUT2D eigenvalue weighted by Crippen LogP contribution is -2.24. The summed E-state index contributed by atoms with van der Waals surface area (Å²) in [7, 11) is 0. The fourth-order valence-electron chi connectivity index (χ4n) is 1.16. The zero-order valence-corrected chi connectivity index (χ0v) is 8.93. The molecule has 1 aromatic rings. The Morgan fingerprint density at radius 1 is 1.67 bits per heavy atom. The molecule has 0 aromatic heterocycles. The molecule has 0 saturated heterocycles. The van der Waals surface area contributed by atoms with Crippen LogP contribution in [0.3, 0.4) is 0 Å². The van der Waals surface area contributed by atoms with Gasteiger partial charge in [0.25, 0.3) is 5.91 Å². The Morgan fingerprint density at radius 2 is 2.33 bits per heavy atom. The molecule has 0 aliphatic carbocycles. The highest BCUT2D eigenvalue weighted by Crippen LogP contribution is 2.22. The van der Waals surface area contributed by atoms with Crippen LogP contribution in [0.5, 0.6) is 0 Å². The average molecular weight is 224 g/mol. The summed E-state index contributed by atoms with van der Waals surface area (Å²) in [6.45, 7) is 1.71. The molecule has 0 heterocycles. The van der Waals surface area contributed by atoms with Gasteiger partial charge in [0.2, 0.25) is 0 Å². The number of halogens is 1. The van der Waals surface area contributed by atoms with Crippen LogP contribution in [0.25, 0.3) is 0 Å². The van der Waals surface area contributed by atoms with Crippen molar-refractivity contribution in [2.24, 2.45) is 0 Å². The first-order valence-electron chi connectivity index (χ1n) is 4.27. The molecule has 78 valence electrons. The van der Waals surface area contributed by atoms with Crippen LogP contribution in [0.2, 0.25) is 5.02 Å². The number of nitrogen functional groups attached to an aromatic ring is 1. The van der Waals surface area contributed by atoms with Gasteiger partial charge in [-0.2, -0.15) is 5.26 Å². The molecule has 4 nitrogen and oxygen atoms in total. The van der Waals surface area contributed by atoms with Gasteiger partial charge in [-0.3, -0.25) is 4.79 Å². The van der Waals surface area contributed by atoms with E-state index in [1.54, 1.807) is 13.0 Å². The van der Waals surface area contributed by atoms with E-state index in [9.17, 15) is 4.79 Å². The van der Waals surface area contributed by atoms with Gasteiger partial charge in [-0.05, 0) is 24.6 Å². The van der Waals surface area contributed by atoms with Gasteiger partial charge in [-0.1, -0.05) is 11.6 Å². The SMILES string of the molecule is Cc1cc(Cl)cc(C(=O)NCC#N)c1N. The van der Waals surface area contributed by atoms with E-state index in [2.05, 4.69) is 5.32 Å². The third-order valence-electron chi connectivity index (χ3n) is 1.92. The monoisotopic (exact) mass is 223 g/mol. The molecule has 5 heteroatoms. The molecule has 0 aliphatic heterocycles. The fourth-order valence-corrected chi connectivity index (χ4v) is 1.43. The van der Waals surface area contributed by atoms with E-state index in [1.165, 1.54) is 6.07 Å². The van der Waals surface area contributed by atoms with Crippen molar-refractivity contribution in [1.29, 1.82) is 5.26 Å². The summed E-state index contributed by atoms with van der Waals surface area (Å²) in [6.07, 6.45) is 0. The molecule has 0 unspecified atom stereocenters. The van der Waals surface area contributed by atoms with E-state index in [-0.39, 0.29) is 12.5 Å². The van der Waals surface area contributed by atoms with E-state index in [0.29, 0.717) is 16.3 Å². The van der Waals surface area contributed by atoms with Crippen LogP contribution in [0.15, 0.2) is 12.1 Å². The Hall–Kier alpha value is -1.73. The first-order chi connectivity index (χ1) is 7.06. The van der Waals surface area contributed by atoms with Crippen molar-refractivity contribution in [3.8, 4) is 6.07 Å². The number of nitrogens with one attached hydrogen (secondary N) is 1. The first-order valence-corrected chi connectivity index (χ1v) is 4.65. The van der Waals surface area contributed by atoms with E-state index in [4.69, 9.17) is 22.6 Å². The maximum Gasteiger partial charge on any atom is 0.254 e. The van der Waals surface area contributed by atoms with Crippen LogP contribution >= 0.6 is 11.6 Å². The van der Waals surface area contributed by atoms with Crippen molar-refractivity contribution in [3.63, 3.8) is 0 Å². The molecule has 0 bridgehead atoms. The van der Waals surface area contributed by atoms with Crippen LogP contribution in [0, 0.1) is 18.3 Å². The lowest BCUT2D eigenvalue weighted by Gasteiger charge is -2.08. The third-order valence-corrected chi connectivity index (χ3v) is 2.14. The zero-order valence-electron chi connectivity index (χ0n) is 8.17. The molecule has 0 aliphatic rings. The maximum atomic E-state index is 11.5. The molecule has 15 heavy (non-hydrogen) atoms. The Kier molecular flexibility index (Phi) is 3.53. The van der Waals surface area contributed by atoms with Gasteiger partial charge >= 0.3 is 0 Å². The number of aryl methyl sites for hydroxylation is 1. The first kappa shape index (κ1) is 11.3. The van der Waals surface area contributed by atoms with Crippen molar-refractivity contribution in [2.75, 3.05) is 12.3 Å². The molecule has 3 N–H and O–H groups in total. The van der Waals surface area contributed by atoms with Gasteiger partial charge in [0.15, 0.2) is 0 Å². The third kappa shape index (κ3) is 2.61. The Labute approximate surface area is 92.6 Å². The summed E-state index contributed by atoms with van der Waals surface area (Å²) in [5.74, 6) is -0.389. The summed E-state index contributed by atoms with van der Waals surface area (Å²) in [5, 5.41) is 11.2. The molecule has 0 spiro atoms. The summed E-state index contributed by atoms with van der Waals surface area (Å²) in [5.41, 5.74) is 7.15. The number of rotatable bonds is 2. The average Bonchev–Trinajstić information content (AvgIpc) is 2.19. The van der Waals surface area contributed by atoms with Gasteiger partial charge in [0.05, 0.1) is 11.6 Å². The number of hydrogen-bond acceptors (Lipinski definition) is 3. The maximum absolute atomic E-state index is 11.5. The molecular formula is C10H10ClN3O. The van der Waals surface area contributed by atoms with Gasteiger partial charge in [0.1, 0.15) is 6.54 Å². The number of carbonyl (C=O) groups excluding carboxylic acids is 1. The lowest BCUT2D eigenvalue weighted by molar-refractivity contribution is 0.0959. The smallest absolute Gasteiger partial charge is 0.254 e. The quantitative estimate of drug-likeness (QED) is 0.589. The second-order valence-corrected chi connectivity index (χ2v) is 3.46. The van der Waals surface area contributed by atoms with E-state index in [1.807, 2.05) is 6.07 Å². The Bertz CT molecular complexity index is 437. The molecule has 1 rings (SSSR count). The van der Waals surface area contributed by atoms with Crippen molar-refractivity contribution in [3.05, 3.63) is 28.3 Å². The minimum absolute atomic E-state index is 0.0518. The second kappa shape index (κ2) is 4.67. The van der Waals surface area contributed by atoms with Crippen molar-refractivity contribution >= 4 is 23.2 Å². The van der Waals surface area contributed by atoms with Gasteiger partial charge in [-0.15, -0.1) is 0 Å². The molecule has 0 radical (unpaired) electrons. The number of nitrogens with two attached hydrogens (primary N) is 1. The minimum atomic E-state index is -0.389. The van der Waals surface area contributed by atoms with Crippen LogP contribution in [0.4, 0.5) is 5.69 Å². The summed E-state index contributed by atoms with van der Waals surface area (Å²) < 4.78 is 0. The molecule has 0 saturated carbocycles. The number of benzene rings is 1. The Morgan fingerprint density at radius 3 is 2.93 bits per heavy atom. The van der Waals surface area contributed by atoms with Crippen molar-refractivity contribution in [2.45, 2.75) is 6.92 Å². The van der Waals surface area contributed by atoms with E-state index >= 15 is 0 Å². The summed E-state index contributed by atoms with van der Waals surface area (Å²) >= 11 is 5.80. The normalized spacial score (nSPS) is 9.40. The molecule has 0 atom stereocenters. The van der Waals surface area contributed by atoms with Crippen LogP contribution in [-0.4, -0.2) is 12.5 Å². The van der Waals surface area contributed by atoms with Crippen molar-refractivity contribution in [1.82, 2.24) is 5.32 Å². The number of anilines is 1. The largest absolute Gasteiger partial charge is 0.398 e. The lowest BCUT2D eigenvalue weighted by atomic mass is 10.1. The zero-order chi connectivity index (χ0) is 11.4. The van der Waals surface area contributed by atoms with Crippen LogP contribution < -0.4 is 11.1 Å². The summed E-state index contributed by atoms with van der Waals surface area (Å²) in [4.78, 5) is 11.5. The van der Waals surface area contributed by atoms with Crippen molar-refractivity contribution < 1.29 is 4.79 Å². The number of nitriles is 1. The predicted molar refractivity (Wildman–Crippen MR) is 58.5 cm³/mol. The minimum Gasteiger partial charge on any atom is -0.398 e. The number of nitrogens with zero attached hydrogens (tertiary/aromatic N) is 1. The standard InChI is InChI=1S/C10H10ClN3O/c1-6-4-7(11)5-8(9(6)13)10(15)14-3-2-12/h4-5H,3,13H2,1H3,(H,14,15). The Balaban J connectivity index is 3.04. The van der Waals surface area contributed by atoms with Crippen LogP contribution in [0.1, 0.15) is 15.9 Å². The fraction of sp³-hybridized carbons (Fsp3) is 0.200. The van der Waals surface area contributed by atoms with Gasteiger partial charge in [0, 0.05) is 10.7 Å². The summed E-state index contributed by atoms with van der Waals surface area (Å²) in [6, 6.07) is 4.97. The topological polar surface area (TPSA) is 78.9 Å². The highest BCUT2D eigenvalue weighted by atomic mass is 35.5. The number of amides is 1. The number of hydrogen-bond donors (Lipinski definition) is 2.